The average Bonchev–Trinajstić information content (AvgIpc) is 2.75. The number of likely N-dealkylation sites (tertiary alicyclic amines) is 1. The highest BCUT2D eigenvalue weighted by molar-refractivity contribution is 5.92. The van der Waals surface area contributed by atoms with Crippen molar-refractivity contribution < 1.29 is 14.4 Å². The molecule has 1 aliphatic heterocycles. The molecule has 0 bridgehead atoms. The van der Waals surface area contributed by atoms with Gasteiger partial charge in [-0.05, 0) is 37.0 Å². The molecule has 1 aromatic heterocycles. The number of pyridine rings is 1. The van der Waals surface area contributed by atoms with E-state index in [9.17, 15) is 14.4 Å². The summed E-state index contributed by atoms with van der Waals surface area (Å²) in [6.07, 6.45) is 3.14. The van der Waals surface area contributed by atoms with Crippen molar-refractivity contribution in [3.8, 4) is 0 Å². The number of anilines is 1. The highest BCUT2D eigenvalue weighted by Gasteiger charge is 2.29. The predicted molar refractivity (Wildman–Crippen MR) is 115 cm³/mol. The number of aromatic nitrogens is 1. The van der Waals surface area contributed by atoms with Gasteiger partial charge in [-0.2, -0.15) is 0 Å². The molecule has 1 unspecified atom stereocenters. The topological polar surface area (TPSA) is 91.4 Å². The van der Waals surface area contributed by atoms with Crippen LogP contribution in [0.1, 0.15) is 43.4 Å². The minimum absolute atomic E-state index is 0.0170. The van der Waals surface area contributed by atoms with E-state index in [1.54, 1.807) is 17.2 Å². The Kier molecular flexibility index (Phi) is 7.17. The molecule has 2 aromatic rings. The van der Waals surface area contributed by atoms with Crippen molar-refractivity contribution in [3.63, 3.8) is 0 Å². The molecule has 158 valence electrons. The number of hydrogen-bond donors (Lipinski definition) is 2. The Labute approximate surface area is 176 Å². The van der Waals surface area contributed by atoms with Crippen molar-refractivity contribution in [1.29, 1.82) is 0 Å². The fraction of sp³-hybridized carbons (Fsp3) is 0.391. The first kappa shape index (κ1) is 21.5. The van der Waals surface area contributed by atoms with Crippen molar-refractivity contribution in [1.82, 2.24) is 15.2 Å². The van der Waals surface area contributed by atoms with Gasteiger partial charge in [0.15, 0.2) is 0 Å². The van der Waals surface area contributed by atoms with Gasteiger partial charge in [-0.1, -0.05) is 36.4 Å². The standard InChI is InChI=1S/C23H28N4O3/c1-16-8-9-21(24-15-16)26-23(30)19-10-12-27(13-11-19)22(29)14-20(25-17(2)28)18-6-4-3-5-7-18/h3-9,15,19-20H,10-14H2,1-2H3,(H,25,28)(H,24,26,30). The maximum absolute atomic E-state index is 12.8. The average molecular weight is 409 g/mol. The van der Waals surface area contributed by atoms with Crippen molar-refractivity contribution in [2.75, 3.05) is 18.4 Å². The van der Waals surface area contributed by atoms with E-state index in [1.165, 1.54) is 6.92 Å². The van der Waals surface area contributed by atoms with Crippen molar-refractivity contribution in [3.05, 3.63) is 59.8 Å². The summed E-state index contributed by atoms with van der Waals surface area (Å²) in [4.78, 5) is 42.9. The van der Waals surface area contributed by atoms with Crippen LogP contribution in [-0.2, 0) is 14.4 Å². The molecule has 3 amide bonds. The summed E-state index contributed by atoms with van der Waals surface area (Å²) < 4.78 is 0. The maximum Gasteiger partial charge on any atom is 0.228 e. The normalized spacial score (nSPS) is 15.3. The molecule has 0 radical (unpaired) electrons. The van der Waals surface area contributed by atoms with Gasteiger partial charge in [0.25, 0.3) is 0 Å². The number of benzene rings is 1. The molecule has 0 spiro atoms. The van der Waals surface area contributed by atoms with E-state index in [-0.39, 0.29) is 36.1 Å². The van der Waals surface area contributed by atoms with Crippen LogP contribution in [0.4, 0.5) is 5.82 Å². The monoisotopic (exact) mass is 408 g/mol. The van der Waals surface area contributed by atoms with Gasteiger partial charge in [0, 0.05) is 32.1 Å². The van der Waals surface area contributed by atoms with Gasteiger partial charge < -0.3 is 15.5 Å². The molecule has 0 saturated carbocycles. The van der Waals surface area contributed by atoms with E-state index < -0.39 is 0 Å². The number of carbonyl (C=O) groups is 3. The quantitative estimate of drug-likeness (QED) is 0.769. The first-order chi connectivity index (χ1) is 14.4. The summed E-state index contributed by atoms with van der Waals surface area (Å²) in [5, 5.41) is 5.72. The zero-order chi connectivity index (χ0) is 21.5. The molecule has 1 aliphatic rings. The molecule has 7 heteroatoms. The number of nitrogens with zero attached hydrogens (tertiary/aromatic N) is 2. The van der Waals surface area contributed by atoms with Crippen LogP contribution in [0, 0.1) is 12.8 Å². The number of hydrogen-bond acceptors (Lipinski definition) is 4. The highest BCUT2D eigenvalue weighted by Crippen LogP contribution is 2.23. The number of carbonyl (C=O) groups excluding carboxylic acids is 3. The van der Waals surface area contributed by atoms with E-state index in [2.05, 4.69) is 15.6 Å². The van der Waals surface area contributed by atoms with Crippen molar-refractivity contribution >= 4 is 23.5 Å². The van der Waals surface area contributed by atoms with Crippen molar-refractivity contribution in [2.24, 2.45) is 5.92 Å². The van der Waals surface area contributed by atoms with Crippen molar-refractivity contribution in [2.45, 2.75) is 39.2 Å². The predicted octanol–water partition coefficient (Wildman–Crippen LogP) is 2.83. The first-order valence-corrected chi connectivity index (χ1v) is 10.3. The van der Waals surface area contributed by atoms with Crippen LogP contribution in [0.25, 0.3) is 0 Å². The number of aryl methyl sites for hydroxylation is 1. The first-order valence-electron chi connectivity index (χ1n) is 10.3. The zero-order valence-corrected chi connectivity index (χ0v) is 17.4. The summed E-state index contributed by atoms with van der Waals surface area (Å²) in [7, 11) is 0. The van der Waals surface area contributed by atoms with Gasteiger partial charge in [0.2, 0.25) is 17.7 Å². The summed E-state index contributed by atoms with van der Waals surface area (Å²) >= 11 is 0. The van der Waals surface area contributed by atoms with Crippen LogP contribution < -0.4 is 10.6 Å². The molecule has 1 fully saturated rings. The van der Waals surface area contributed by atoms with Gasteiger partial charge in [0.1, 0.15) is 5.82 Å². The molecule has 1 aromatic carbocycles. The molecular weight excluding hydrogens is 380 g/mol. The summed E-state index contributed by atoms with van der Waals surface area (Å²) in [6, 6.07) is 12.8. The van der Waals surface area contributed by atoms with Crippen LogP contribution >= 0.6 is 0 Å². The van der Waals surface area contributed by atoms with Crippen LogP contribution in [0.15, 0.2) is 48.7 Å². The molecule has 7 nitrogen and oxygen atoms in total. The number of rotatable bonds is 6. The highest BCUT2D eigenvalue weighted by atomic mass is 16.2. The number of nitrogens with one attached hydrogen (secondary N) is 2. The molecule has 1 atom stereocenters. The maximum atomic E-state index is 12.8. The summed E-state index contributed by atoms with van der Waals surface area (Å²) in [6.45, 7) is 4.45. The fourth-order valence-electron chi connectivity index (χ4n) is 3.65. The molecule has 2 heterocycles. The molecular formula is C23H28N4O3. The Balaban J connectivity index is 1.53. The second-order valence-corrected chi connectivity index (χ2v) is 7.73. The molecule has 30 heavy (non-hydrogen) atoms. The Morgan fingerprint density at radius 3 is 2.40 bits per heavy atom. The minimum atomic E-state index is -0.357. The smallest absolute Gasteiger partial charge is 0.228 e. The number of piperidine rings is 1. The lowest BCUT2D eigenvalue weighted by Gasteiger charge is -2.32. The van der Waals surface area contributed by atoms with Crippen LogP contribution in [-0.4, -0.2) is 40.7 Å². The Hall–Kier alpha value is -3.22. The van der Waals surface area contributed by atoms with E-state index in [0.717, 1.165) is 11.1 Å². The lowest BCUT2D eigenvalue weighted by Crippen LogP contribution is -2.43. The third-order valence-corrected chi connectivity index (χ3v) is 5.34. The Morgan fingerprint density at radius 1 is 1.10 bits per heavy atom. The summed E-state index contributed by atoms with van der Waals surface area (Å²) in [5.41, 5.74) is 1.94. The SMILES string of the molecule is CC(=O)NC(CC(=O)N1CCC(C(=O)Nc2ccc(C)cn2)CC1)c1ccccc1. The van der Waals surface area contributed by atoms with Gasteiger partial charge in [-0.15, -0.1) is 0 Å². The second-order valence-electron chi connectivity index (χ2n) is 7.73. The molecule has 0 aliphatic carbocycles. The Morgan fingerprint density at radius 2 is 1.80 bits per heavy atom. The lowest BCUT2D eigenvalue weighted by molar-refractivity contribution is -0.135. The molecule has 1 saturated heterocycles. The second kappa shape index (κ2) is 10.0. The van der Waals surface area contributed by atoms with E-state index in [4.69, 9.17) is 0 Å². The van der Waals surface area contributed by atoms with E-state index in [1.807, 2.05) is 43.3 Å². The van der Waals surface area contributed by atoms with Gasteiger partial charge in [0.05, 0.1) is 12.5 Å². The fourth-order valence-corrected chi connectivity index (χ4v) is 3.65. The third kappa shape index (κ3) is 5.89. The Bertz CT molecular complexity index is 875. The van der Waals surface area contributed by atoms with Crippen LogP contribution in [0.5, 0.6) is 0 Å². The van der Waals surface area contributed by atoms with Gasteiger partial charge in [-0.3, -0.25) is 14.4 Å². The van der Waals surface area contributed by atoms with Crippen LogP contribution in [0.2, 0.25) is 0 Å². The minimum Gasteiger partial charge on any atom is -0.349 e. The van der Waals surface area contributed by atoms with E-state index >= 15 is 0 Å². The van der Waals surface area contributed by atoms with Gasteiger partial charge in [-0.25, -0.2) is 4.98 Å². The summed E-state index contributed by atoms with van der Waals surface area (Å²) in [5.74, 6) is 0.162. The molecule has 3 rings (SSSR count). The third-order valence-electron chi connectivity index (χ3n) is 5.34. The van der Waals surface area contributed by atoms with Gasteiger partial charge >= 0.3 is 0 Å². The molecule has 2 N–H and O–H groups in total. The zero-order valence-electron chi connectivity index (χ0n) is 17.4. The lowest BCUT2D eigenvalue weighted by atomic mass is 9.95. The van der Waals surface area contributed by atoms with Crippen LogP contribution in [0.3, 0.4) is 0 Å². The number of amides is 3. The van der Waals surface area contributed by atoms with E-state index in [0.29, 0.717) is 31.7 Å². The largest absolute Gasteiger partial charge is 0.349 e.